The Balaban J connectivity index is 2.36. The minimum Gasteiger partial charge on any atom is -0.353 e. The summed E-state index contributed by atoms with van der Waals surface area (Å²) in [7, 11) is 0. The summed E-state index contributed by atoms with van der Waals surface area (Å²) in [6.45, 7) is 4.51. The van der Waals surface area contributed by atoms with Crippen molar-refractivity contribution in [2.75, 3.05) is 6.54 Å². The van der Waals surface area contributed by atoms with Crippen LogP contribution in [-0.2, 0) is 11.3 Å². The molecule has 0 spiro atoms. The minimum atomic E-state index is -0.437. The van der Waals surface area contributed by atoms with Crippen LogP contribution in [0, 0.1) is 5.82 Å². The maximum Gasteiger partial charge on any atom is 0.234 e. The van der Waals surface area contributed by atoms with Gasteiger partial charge < -0.3 is 10.6 Å². The summed E-state index contributed by atoms with van der Waals surface area (Å²) in [5.41, 5.74) is 0.841. The number of rotatable bonds is 5. The number of amides is 1. The van der Waals surface area contributed by atoms with E-state index in [2.05, 4.69) is 10.6 Å². The van der Waals surface area contributed by atoms with Crippen molar-refractivity contribution in [2.24, 2.45) is 0 Å². The van der Waals surface area contributed by atoms with Crippen LogP contribution < -0.4 is 10.6 Å². The molecule has 94 valence electrons. The van der Waals surface area contributed by atoms with Crippen LogP contribution in [0.15, 0.2) is 18.2 Å². The summed E-state index contributed by atoms with van der Waals surface area (Å²) >= 11 is 5.64. The fourth-order valence-electron chi connectivity index (χ4n) is 1.34. The molecule has 0 aliphatic carbocycles. The highest BCUT2D eigenvalue weighted by molar-refractivity contribution is 6.30. The summed E-state index contributed by atoms with van der Waals surface area (Å²) in [6.07, 6.45) is 0. The smallest absolute Gasteiger partial charge is 0.234 e. The molecule has 0 unspecified atom stereocenters. The predicted molar refractivity (Wildman–Crippen MR) is 66.4 cm³/mol. The lowest BCUT2D eigenvalue weighted by molar-refractivity contribution is -0.120. The van der Waals surface area contributed by atoms with Crippen molar-refractivity contribution in [3.05, 3.63) is 34.6 Å². The van der Waals surface area contributed by atoms with E-state index in [1.54, 1.807) is 12.1 Å². The minimum absolute atomic E-state index is 0.0618. The summed E-state index contributed by atoms with van der Waals surface area (Å²) in [4.78, 5) is 11.3. The topological polar surface area (TPSA) is 41.1 Å². The van der Waals surface area contributed by atoms with Crippen LogP contribution in [-0.4, -0.2) is 18.5 Å². The van der Waals surface area contributed by atoms with Gasteiger partial charge in [0.25, 0.3) is 0 Å². The van der Waals surface area contributed by atoms with E-state index in [1.807, 2.05) is 13.8 Å². The van der Waals surface area contributed by atoms with Crippen molar-refractivity contribution in [3.8, 4) is 0 Å². The fourth-order valence-corrected chi connectivity index (χ4v) is 1.55. The van der Waals surface area contributed by atoms with Gasteiger partial charge in [0.1, 0.15) is 5.82 Å². The van der Waals surface area contributed by atoms with E-state index in [9.17, 15) is 9.18 Å². The van der Waals surface area contributed by atoms with Crippen molar-refractivity contribution in [3.63, 3.8) is 0 Å². The molecule has 0 radical (unpaired) electrons. The zero-order valence-corrected chi connectivity index (χ0v) is 10.6. The molecule has 0 saturated carbocycles. The van der Waals surface area contributed by atoms with Crippen LogP contribution in [0.5, 0.6) is 0 Å². The standard InChI is InChI=1S/C12H16ClFN2O/c1-8(2)16-12(17)7-15-6-9-3-4-11(14)10(13)5-9/h3-5,8,15H,6-7H2,1-2H3,(H,16,17). The van der Waals surface area contributed by atoms with E-state index >= 15 is 0 Å². The zero-order valence-electron chi connectivity index (χ0n) is 9.89. The molecule has 0 saturated heterocycles. The molecule has 1 aromatic rings. The molecule has 1 aromatic carbocycles. The van der Waals surface area contributed by atoms with Gasteiger partial charge in [0, 0.05) is 12.6 Å². The van der Waals surface area contributed by atoms with Gasteiger partial charge in [-0.15, -0.1) is 0 Å². The second kappa shape index (κ2) is 6.57. The predicted octanol–water partition coefficient (Wildman–Crippen LogP) is 2.09. The number of halogens is 2. The Morgan fingerprint density at radius 3 is 2.76 bits per heavy atom. The second-order valence-electron chi connectivity index (χ2n) is 4.07. The lowest BCUT2D eigenvalue weighted by atomic mass is 10.2. The Morgan fingerprint density at radius 2 is 2.18 bits per heavy atom. The molecule has 0 heterocycles. The van der Waals surface area contributed by atoms with Crippen molar-refractivity contribution < 1.29 is 9.18 Å². The average Bonchev–Trinajstić information content (AvgIpc) is 2.22. The quantitative estimate of drug-likeness (QED) is 0.849. The van der Waals surface area contributed by atoms with Crippen LogP contribution in [0.1, 0.15) is 19.4 Å². The molecule has 17 heavy (non-hydrogen) atoms. The van der Waals surface area contributed by atoms with Gasteiger partial charge in [-0.05, 0) is 31.5 Å². The first kappa shape index (κ1) is 13.9. The SMILES string of the molecule is CC(C)NC(=O)CNCc1ccc(F)c(Cl)c1. The van der Waals surface area contributed by atoms with Crippen LogP contribution >= 0.6 is 11.6 Å². The number of hydrogen-bond donors (Lipinski definition) is 2. The summed E-state index contributed by atoms with van der Waals surface area (Å²) in [6, 6.07) is 4.62. The Hall–Kier alpha value is -1.13. The van der Waals surface area contributed by atoms with E-state index in [0.717, 1.165) is 5.56 Å². The normalized spacial score (nSPS) is 10.6. The highest BCUT2D eigenvalue weighted by atomic mass is 35.5. The molecule has 0 bridgehead atoms. The van der Waals surface area contributed by atoms with Gasteiger partial charge in [-0.1, -0.05) is 17.7 Å². The van der Waals surface area contributed by atoms with Gasteiger partial charge >= 0.3 is 0 Å². The van der Waals surface area contributed by atoms with Crippen molar-refractivity contribution >= 4 is 17.5 Å². The van der Waals surface area contributed by atoms with E-state index in [4.69, 9.17) is 11.6 Å². The number of nitrogens with one attached hydrogen (secondary N) is 2. The molecule has 5 heteroatoms. The summed E-state index contributed by atoms with van der Waals surface area (Å²) in [5.74, 6) is -0.499. The van der Waals surface area contributed by atoms with Gasteiger partial charge in [0.15, 0.2) is 0 Å². The van der Waals surface area contributed by atoms with Gasteiger partial charge in [-0.2, -0.15) is 0 Å². The molecule has 0 fully saturated rings. The lowest BCUT2D eigenvalue weighted by Crippen LogP contribution is -2.37. The van der Waals surface area contributed by atoms with Crippen LogP contribution in [0.4, 0.5) is 4.39 Å². The van der Waals surface area contributed by atoms with Gasteiger partial charge in [0.2, 0.25) is 5.91 Å². The molecular weight excluding hydrogens is 243 g/mol. The number of hydrogen-bond acceptors (Lipinski definition) is 2. The van der Waals surface area contributed by atoms with E-state index in [0.29, 0.717) is 6.54 Å². The van der Waals surface area contributed by atoms with Gasteiger partial charge in [0.05, 0.1) is 11.6 Å². The molecule has 0 atom stereocenters. The van der Waals surface area contributed by atoms with Crippen molar-refractivity contribution in [1.82, 2.24) is 10.6 Å². The second-order valence-corrected chi connectivity index (χ2v) is 4.48. The summed E-state index contributed by atoms with van der Waals surface area (Å²) in [5, 5.41) is 5.82. The van der Waals surface area contributed by atoms with Gasteiger partial charge in [-0.3, -0.25) is 4.79 Å². The third-order valence-electron chi connectivity index (χ3n) is 2.05. The average molecular weight is 259 g/mol. The first-order valence-electron chi connectivity index (χ1n) is 5.43. The molecular formula is C12H16ClFN2O. The Morgan fingerprint density at radius 1 is 1.47 bits per heavy atom. The first-order valence-corrected chi connectivity index (χ1v) is 5.81. The van der Waals surface area contributed by atoms with Crippen LogP contribution in [0.2, 0.25) is 5.02 Å². The highest BCUT2D eigenvalue weighted by Gasteiger charge is 2.04. The highest BCUT2D eigenvalue weighted by Crippen LogP contribution is 2.15. The Kier molecular flexibility index (Phi) is 5.38. The fraction of sp³-hybridized carbons (Fsp3) is 0.417. The van der Waals surface area contributed by atoms with Crippen molar-refractivity contribution in [2.45, 2.75) is 26.4 Å². The van der Waals surface area contributed by atoms with E-state index in [1.165, 1.54) is 6.07 Å². The molecule has 1 rings (SSSR count). The lowest BCUT2D eigenvalue weighted by Gasteiger charge is -2.09. The largest absolute Gasteiger partial charge is 0.353 e. The zero-order chi connectivity index (χ0) is 12.8. The molecule has 0 aliphatic rings. The van der Waals surface area contributed by atoms with Gasteiger partial charge in [-0.25, -0.2) is 4.39 Å². The number of benzene rings is 1. The molecule has 2 N–H and O–H groups in total. The third-order valence-corrected chi connectivity index (χ3v) is 2.34. The van der Waals surface area contributed by atoms with Crippen LogP contribution in [0.25, 0.3) is 0 Å². The molecule has 0 aromatic heterocycles. The Bertz CT molecular complexity index is 396. The van der Waals surface area contributed by atoms with Crippen LogP contribution in [0.3, 0.4) is 0 Å². The van der Waals surface area contributed by atoms with E-state index in [-0.39, 0.29) is 23.5 Å². The molecule has 1 amide bonds. The Labute approximate surface area is 105 Å². The number of carbonyl (C=O) groups excluding carboxylic acids is 1. The maximum atomic E-state index is 12.9. The monoisotopic (exact) mass is 258 g/mol. The first-order chi connectivity index (χ1) is 7.99. The van der Waals surface area contributed by atoms with Crippen molar-refractivity contribution in [1.29, 1.82) is 0 Å². The maximum absolute atomic E-state index is 12.9. The molecule has 0 aliphatic heterocycles. The summed E-state index contributed by atoms with van der Waals surface area (Å²) < 4.78 is 12.9. The number of carbonyl (C=O) groups is 1. The third kappa shape index (κ3) is 5.15. The van der Waals surface area contributed by atoms with E-state index < -0.39 is 5.82 Å². The molecule has 3 nitrogen and oxygen atoms in total.